The van der Waals surface area contributed by atoms with E-state index in [2.05, 4.69) is 0 Å². The zero-order chi connectivity index (χ0) is 22.4. The second-order valence-corrected chi connectivity index (χ2v) is 7.32. The van der Waals surface area contributed by atoms with E-state index in [1.807, 2.05) is 0 Å². The predicted octanol–water partition coefficient (Wildman–Crippen LogP) is 3.77. The summed E-state index contributed by atoms with van der Waals surface area (Å²) >= 11 is 0.765. The third-order valence-corrected chi connectivity index (χ3v) is 5.10. The van der Waals surface area contributed by atoms with Crippen molar-refractivity contribution in [3.63, 3.8) is 0 Å². The molecule has 31 heavy (non-hydrogen) atoms. The fraction of sp³-hybridized carbons (Fsp3) is 0.190. The van der Waals surface area contributed by atoms with Crippen molar-refractivity contribution in [2.45, 2.75) is 13.5 Å². The number of carbonyl (C=O) groups excluding carboxylic acids is 3. The third kappa shape index (κ3) is 5.48. The SMILES string of the molecule is CCOC(=O)COc1ccccc1/C=C1\SC(=O)N(Cc2cccc([N+](=O)[O-])c2)C1=O. The van der Waals surface area contributed by atoms with Crippen LogP contribution < -0.4 is 4.74 Å². The van der Waals surface area contributed by atoms with Crippen molar-refractivity contribution in [3.8, 4) is 5.75 Å². The molecule has 1 saturated heterocycles. The van der Waals surface area contributed by atoms with Gasteiger partial charge in [0.1, 0.15) is 5.75 Å². The Kier molecular flexibility index (Phi) is 7.03. The highest BCUT2D eigenvalue weighted by Gasteiger charge is 2.35. The van der Waals surface area contributed by atoms with Crippen LogP contribution in [-0.4, -0.2) is 40.2 Å². The number of esters is 1. The third-order valence-electron chi connectivity index (χ3n) is 4.19. The van der Waals surface area contributed by atoms with Crippen LogP contribution in [0.1, 0.15) is 18.1 Å². The van der Waals surface area contributed by atoms with Crippen LogP contribution in [0.25, 0.3) is 6.08 Å². The van der Waals surface area contributed by atoms with Crippen molar-refractivity contribution in [2.24, 2.45) is 0 Å². The van der Waals surface area contributed by atoms with Crippen LogP contribution in [0.5, 0.6) is 5.75 Å². The lowest BCUT2D eigenvalue weighted by atomic mass is 10.1. The molecule has 0 unspecified atom stereocenters. The molecule has 0 atom stereocenters. The van der Waals surface area contributed by atoms with Gasteiger partial charge in [0, 0.05) is 17.7 Å². The normalized spacial score (nSPS) is 14.7. The number of nitro groups is 1. The number of non-ortho nitro benzene ring substituents is 1. The Morgan fingerprint density at radius 1 is 1.19 bits per heavy atom. The van der Waals surface area contributed by atoms with Crippen LogP contribution in [0.4, 0.5) is 10.5 Å². The highest BCUT2D eigenvalue weighted by molar-refractivity contribution is 8.18. The van der Waals surface area contributed by atoms with Gasteiger partial charge >= 0.3 is 5.97 Å². The summed E-state index contributed by atoms with van der Waals surface area (Å²) in [5.74, 6) is -0.669. The van der Waals surface area contributed by atoms with E-state index in [0.29, 0.717) is 16.9 Å². The highest BCUT2D eigenvalue weighted by Crippen LogP contribution is 2.35. The molecule has 160 valence electrons. The number of benzene rings is 2. The minimum atomic E-state index is -0.537. The Balaban J connectivity index is 1.77. The maximum atomic E-state index is 12.8. The molecule has 0 radical (unpaired) electrons. The maximum Gasteiger partial charge on any atom is 0.344 e. The van der Waals surface area contributed by atoms with Gasteiger partial charge in [-0.2, -0.15) is 0 Å². The number of nitro benzene ring substituents is 1. The van der Waals surface area contributed by atoms with E-state index < -0.39 is 22.0 Å². The molecule has 10 heteroatoms. The molecule has 0 spiro atoms. The summed E-state index contributed by atoms with van der Waals surface area (Å²) in [6.07, 6.45) is 1.51. The molecule has 2 aromatic rings. The maximum absolute atomic E-state index is 12.8. The van der Waals surface area contributed by atoms with Crippen molar-refractivity contribution in [1.82, 2.24) is 4.90 Å². The average molecular weight is 442 g/mol. The number of rotatable bonds is 8. The Morgan fingerprint density at radius 3 is 2.71 bits per heavy atom. The molecule has 0 aromatic heterocycles. The minimum absolute atomic E-state index is 0.0787. The number of imide groups is 1. The molecule has 0 saturated carbocycles. The van der Waals surface area contributed by atoms with Gasteiger partial charge in [0.05, 0.1) is 23.0 Å². The summed E-state index contributed by atoms with van der Waals surface area (Å²) in [6.45, 7) is 1.56. The molecule has 1 fully saturated rings. The molecule has 2 aromatic carbocycles. The van der Waals surface area contributed by atoms with Crippen LogP contribution in [0.2, 0.25) is 0 Å². The molecule has 0 aliphatic carbocycles. The summed E-state index contributed by atoms with van der Waals surface area (Å²) in [5.41, 5.74) is 0.872. The summed E-state index contributed by atoms with van der Waals surface area (Å²) in [6, 6.07) is 12.5. The van der Waals surface area contributed by atoms with Crippen LogP contribution in [0.3, 0.4) is 0 Å². The second-order valence-electron chi connectivity index (χ2n) is 6.33. The predicted molar refractivity (Wildman–Crippen MR) is 113 cm³/mol. The average Bonchev–Trinajstić information content (AvgIpc) is 3.01. The van der Waals surface area contributed by atoms with Gasteiger partial charge < -0.3 is 9.47 Å². The molecule has 1 aliphatic rings. The molecule has 9 nitrogen and oxygen atoms in total. The Morgan fingerprint density at radius 2 is 1.97 bits per heavy atom. The number of amides is 2. The number of hydrogen-bond acceptors (Lipinski definition) is 8. The summed E-state index contributed by atoms with van der Waals surface area (Å²) < 4.78 is 10.3. The van der Waals surface area contributed by atoms with Crippen LogP contribution in [0.15, 0.2) is 53.4 Å². The summed E-state index contributed by atoms with van der Waals surface area (Å²) in [7, 11) is 0. The Labute approximate surface area is 181 Å². The topological polar surface area (TPSA) is 116 Å². The van der Waals surface area contributed by atoms with E-state index in [0.717, 1.165) is 16.7 Å². The second kappa shape index (κ2) is 9.90. The van der Waals surface area contributed by atoms with E-state index in [1.165, 1.54) is 24.3 Å². The highest BCUT2D eigenvalue weighted by atomic mass is 32.2. The van der Waals surface area contributed by atoms with E-state index >= 15 is 0 Å². The molecule has 1 heterocycles. The van der Waals surface area contributed by atoms with Crippen molar-refractivity contribution in [3.05, 3.63) is 74.7 Å². The van der Waals surface area contributed by atoms with Crippen molar-refractivity contribution in [2.75, 3.05) is 13.2 Å². The standard InChI is InChI=1S/C21H18N2O7S/c1-2-29-19(24)13-30-17-9-4-3-7-15(17)11-18-20(25)22(21(26)31-18)12-14-6-5-8-16(10-14)23(27)28/h3-11H,2,12-13H2,1H3/b18-11-. The first-order chi connectivity index (χ1) is 14.9. The monoisotopic (exact) mass is 442 g/mol. The lowest BCUT2D eigenvalue weighted by molar-refractivity contribution is -0.384. The Bertz CT molecular complexity index is 1070. The van der Waals surface area contributed by atoms with Gasteiger partial charge in [-0.25, -0.2) is 4.79 Å². The first-order valence-electron chi connectivity index (χ1n) is 9.25. The molecule has 3 rings (SSSR count). The van der Waals surface area contributed by atoms with Gasteiger partial charge in [-0.3, -0.25) is 24.6 Å². The van der Waals surface area contributed by atoms with Gasteiger partial charge in [0.25, 0.3) is 16.8 Å². The first kappa shape index (κ1) is 22.0. The molecular weight excluding hydrogens is 424 g/mol. The van der Waals surface area contributed by atoms with Gasteiger partial charge in [0.2, 0.25) is 0 Å². The fourth-order valence-corrected chi connectivity index (χ4v) is 3.63. The van der Waals surface area contributed by atoms with Crippen molar-refractivity contribution >= 4 is 40.6 Å². The number of thioether (sulfide) groups is 1. The van der Waals surface area contributed by atoms with Crippen molar-refractivity contribution < 1.29 is 28.8 Å². The summed E-state index contributed by atoms with van der Waals surface area (Å²) in [5, 5.41) is 10.5. The van der Waals surface area contributed by atoms with E-state index in [1.54, 1.807) is 37.3 Å². The molecular formula is C21H18N2O7S. The summed E-state index contributed by atoms with van der Waals surface area (Å²) in [4.78, 5) is 48.3. The minimum Gasteiger partial charge on any atom is -0.481 e. The van der Waals surface area contributed by atoms with E-state index in [-0.39, 0.29) is 30.4 Å². The lowest BCUT2D eigenvalue weighted by Gasteiger charge is -2.12. The van der Waals surface area contributed by atoms with Gasteiger partial charge in [-0.15, -0.1) is 0 Å². The zero-order valence-electron chi connectivity index (χ0n) is 16.5. The van der Waals surface area contributed by atoms with Crippen molar-refractivity contribution in [1.29, 1.82) is 0 Å². The molecule has 0 N–H and O–H groups in total. The fourth-order valence-electron chi connectivity index (χ4n) is 2.80. The van der Waals surface area contributed by atoms with Crippen LogP contribution in [0, 0.1) is 10.1 Å². The Hall–Kier alpha value is -3.66. The van der Waals surface area contributed by atoms with E-state index in [4.69, 9.17) is 9.47 Å². The van der Waals surface area contributed by atoms with Crippen LogP contribution in [-0.2, 0) is 20.9 Å². The van der Waals surface area contributed by atoms with E-state index in [9.17, 15) is 24.5 Å². The molecule has 1 aliphatic heterocycles. The number of nitrogens with zero attached hydrogens (tertiary/aromatic N) is 2. The molecule has 2 amide bonds. The smallest absolute Gasteiger partial charge is 0.344 e. The first-order valence-corrected chi connectivity index (χ1v) is 10.1. The van der Waals surface area contributed by atoms with Crippen LogP contribution >= 0.6 is 11.8 Å². The molecule has 0 bridgehead atoms. The number of carbonyl (C=O) groups is 3. The number of hydrogen-bond donors (Lipinski definition) is 0. The van der Waals surface area contributed by atoms with Gasteiger partial charge in [-0.1, -0.05) is 30.3 Å². The quantitative estimate of drug-likeness (QED) is 0.262. The largest absolute Gasteiger partial charge is 0.481 e. The van der Waals surface area contributed by atoms with Gasteiger partial charge in [0.15, 0.2) is 6.61 Å². The number of para-hydroxylation sites is 1. The number of ether oxygens (including phenoxy) is 2. The van der Waals surface area contributed by atoms with Gasteiger partial charge in [-0.05, 0) is 36.4 Å². The zero-order valence-corrected chi connectivity index (χ0v) is 17.3. The lowest BCUT2D eigenvalue weighted by Crippen LogP contribution is -2.27.